The van der Waals surface area contributed by atoms with Crippen molar-refractivity contribution < 1.29 is 23.6 Å². The lowest BCUT2D eigenvalue weighted by molar-refractivity contribution is -0.140. The topological polar surface area (TPSA) is 92.7 Å². The van der Waals surface area contributed by atoms with Crippen molar-refractivity contribution in [2.75, 3.05) is 19.5 Å². The van der Waals surface area contributed by atoms with Crippen molar-refractivity contribution in [3.05, 3.63) is 0 Å². The molecule has 0 radical (unpaired) electrons. The van der Waals surface area contributed by atoms with Crippen molar-refractivity contribution in [2.45, 2.75) is 25.1 Å². The number of ether oxygens (including phenoxy) is 1. The number of carboxylic acids is 1. The van der Waals surface area contributed by atoms with E-state index < -0.39 is 28.7 Å². The largest absolute Gasteiger partial charge is 0.480 e. The van der Waals surface area contributed by atoms with Crippen molar-refractivity contribution in [1.29, 1.82) is 0 Å². The number of carbonyl (C=O) groups excluding carboxylic acids is 1. The molecule has 0 aromatic carbocycles. The summed E-state index contributed by atoms with van der Waals surface area (Å²) in [7, 11) is 0.130. The van der Waals surface area contributed by atoms with E-state index in [9.17, 15) is 13.8 Å². The maximum absolute atomic E-state index is 11.6. The Morgan fingerprint density at radius 1 is 1.50 bits per heavy atom. The Balaban J connectivity index is 4.34. The van der Waals surface area contributed by atoms with E-state index in [0.29, 0.717) is 6.61 Å². The molecule has 0 saturated carbocycles. The van der Waals surface area contributed by atoms with Gasteiger partial charge in [-0.3, -0.25) is 9.00 Å². The van der Waals surface area contributed by atoms with Gasteiger partial charge in [-0.1, -0.05) is 0 Å². The number of amides is 1. The highest BCUT2D eigenvalue weighted by Gasteiger charge is 2.23. The second-order valence-corrected chi connectivity index (χ2v) is 5.30. The highest BCUT2D eigenvalue weighted by molar-refractivity contribution is 7.85. The van der Waals surface area contributed by atoms with E-state index in [1.165, 1.54) is 14.0 Å². The molecule has 0 bridgehead atoms. The molecule has 7 heteroatoms. The first kappa shape index (κ1) is 15.0. The van der Waals surface area contributed by atoms with Gasteiger partial charge in [-0.05, 0) is 6.92 Å². The van der Waals surface area contributed by atoms with Gasteiger partial charge < -0.3 is 15.2 Å². The molecule has 94 valence electrons. The van der Waals surface area contributed by atoms with Crippen LogP contribution in [0.3, 0.4) is 0 Å². The van der Waals surface area contributed by atoms with Gasteiger partial charge in [0, 0.05) is 24.8 Å². The number of methoxy groups -OCH3 is 1. The van der Waals surface area contributed by atoms with Crippen molar-refractivity contribution in [2.24, 2.45) is 0 Å². The van der Waals surface area contributed by atoms with Gasteiger partial charge in [-0.25, -0.2) is 4.79 Å². The Morgan fingerprint density at radius 3 is 2.44 bits per heavy atom. The first-order chi connectivity index (χ1) is 7.38. The zero-order valence-corrected chi connectivity index (χ0v) is 10.4. The van der Waals surface area contributed by atoms with Gasteiger partial charge >= 0.3 is 5.97 Å². The average Bonchev–Trinajstić information content (AvgIpc) is 2.16. The number of hydrogen-bond donors (Lipinski definition) is 2. The van der Waals surface area contributed by atoms with Crippen LogP contribution in [0.2, 0.25) is 0 Å². The summed E-state index contributed by atoms with van der Waals surface area (Å²) < 4.78 is 16.5. The molecule has 0 aromatic heterocycles. The van der Waals surface area contributed by atoms with E-state index in [2.05, 4.69) is 5.32 Å². The summed E-state index contributed by atoms with van der Waals surface area (Å²) in [4.78, 5) is 21.5. The molecule has 16 heavy (non-hydrogen) atoms. The van der Waals surface area contributed by atoms with E-state index in [-0.39, 0.29) is 11.0 Å². The summed E-state index contributed by atoms with van der Waals surface area (Å²) in [6, 6.07) is -1.11. The molecule has 3 atom stereocenters. The molecule has 1 amide bonds. The van der Waals surface area contributed by atoms with Crippen molar-refractivity contribution in [3.63, 3.8) is 0 Å². The summed E-state index contributed by atoms with van der Waals surface area (Å²) in [5.41, 5.74) is 0. The molecule has 0 aromatic rings. The molecule has 0 aliphatic heterocycles. The monoisotopic (exact) mass is 251 g/mol. The van der Waals surface area contributed by atoms with Crippen LogP contribution in [0.4, 0.5) is 0 Å². The van der Waals surface area contributed by atoms with E-state index in [1.54, 1.807) is 6.92 Å². The SMILES string of the molecule is COCC(C)S(=O)CC(NC(C)=O)C(=O)O. The van der Waals surface area contributed by atoms with Gasteiger partial charge in [0.2, 0.25) is 5.91 Å². The molecule has 0 saturated heterocycles. The zero-order chi connectivity index (χ0) is 12.7. The Hall–Kier alpha value is -0.950. The molecule has 0 aliphatic rings. The maximum atomic E-state index is 11.6. The number of carbonyl (C=O) groups is 2. The van der Waals surface area contributed by atoms with Crippen LogP contribution in [0.15, 0.2) is 0 Å². The molecule has 0 fully saturated rings. The van der Waals surface area contributed by atoms with E-state index >= 15 is 0 Å². The van der Waals surface area contributed by atoms with Gasteiger partial charge in [-0.15, -0.1) is 0 Å². The minimum atomic E-state index is -1.35. The summed E-state index contributed by atoms with van der Waals surface area (Å²) in [5.74, 6) is -1.75. The molecule has 0 aliphatic carbocycles. The lowest BCUT2D eigenvalue weighted by Gasteiger charge is -2.15. The fourth-order valence-electron chi connectivity index (χ4n) is 1.06. The molecule has 0 spiro atoms. The van der Waals surface area contributed by atoms with Crippen LogP contribution in [0, 0.1) is 0 Å². The average molecular weight is 251 g/mol. The summed E-state index contributed by atoms with van der Waals surface area (Å²) in [5, 5.41) is 10.8. The summed E-state index contributed by atoms with van der Waals surface area (Å²) in [6.45, 7) is 3.21. The lowest BCUT2D eigenvalue weighted by atomic mass is 10.3. The number of nitrogens with one attached hydrogen (secondary N) is 1. The van der Waals surface area contributed by atoms with Crippen LogP contribution < -0.4 is 5.32 Å². The molecule has 0 heterocycles. The minimum Gasteiger partial charge on any atom is -0.480 e. The molecular weight excluding hydrogens is 234 g/mol. The highest BCUT2D eigenvalue weighted by Crippen LogP contribution is 2.00. The molecule has 3 unspecified atom stereocenters. The zero-order valence-electron chi connectivity index (χ0n) is 9.56. The predicted molar refractivity (Wildman–Crippen MR) is 59.6 cm³/mol. The Morgan fingerprint density at radius 2 is 2.06 bits per heavy atom. The Labute approximate surface area is 96.8 Å². The maximum Gasteiger partial charge on any atom is 0.327 e. The van der Waals surface area contributed by atoms with Gasteiger partial charge in [0.05, 0.1) is 17.6 Å². The van der Waals surface area contributed by atoms with Crippen LogP contribution in [-0.2, 0) is 25.1 Å². The fraction of sp³-hybridized carbons (Fsp3) is 0.778. The lowest BCUT2D eigenvalue weighted by Crippen LogP contribution is -2.44. The molecule has 2 N–H and O–H groups in total. The number of hydrogen-bond acceptors (Lipinski definition) is 4. The van der Waals surface area contributed by atoms with Crippen molar-refractivity contribution >= 4 is 22.7 Å². The second-order valence-electron chi connectivity index (χ2n) is 3.40. The van der Waals surface area contributed by atoms with E-state index in [0.717, 1.165) is 0 Å². The summed E-state index contributed by atoms with van der Waals surface area (Å²) in [6.07, 6.45) is 0. The van der Waals surface area contributed by atoms with Gasteiger partial charge in [0.15, 0.2) is 0 Å². The van der Waals surface area contributed by atoms with Crippen LogP contribution >= 0.6 is 0 Å². The standard InChI is InChI=1S/C9H17NO5S/c1-6(4-15-3)16(14)5-8(9(12)13)10-7(2)11/h6,8H,4-5H2,1-3H3,(H,10,11)(H,12,13). The highest BCUT2D eigenvalue weighted by atomic mass is 32.2. The first-order valence-electron chi connectivity index (χ1n) is 4.74. The van der Waals surface area contributed by atoms with Crippen molar-refractivity contribution in [3.8, 4) is 0 Å². The van der Waals surface area contributed by atoms with Crippen LogP contribution in [0.5, 0.6) is 0 Å². The first-order valence-corrected chi connectivity index (χ1v) is 6.12. The number of carboxylic acid groups (broad SMARTS) is 1. The fourth-order valence-corrected chi connectivity index (χ4v) is 2.23. The van der Waals surface area contributed by atoms with Crippen molar-refractivity contribution in [1.82, 2.24) is 5.32 Å². The molecule has 0 rings (SSSR count). The predicted octanol–water partition coefficient (Wildman–Crippen LogP) is -0.641. The third-order valence-electron chi connectivity index (χ3n) is 1.86. The van der Waals surface area contributed by atoms with Crippen LogP contribution in [0.1, 0.15) is 13.8 Å². The van der Waals surface area contributed by atoms with Crippen LogP contribution in [-0.4, -0.2) is 52.0 Å². The Bertz CT molecular complexity index is 281. The third kappa shape index (κ3) is 5.82. The van der Waals surface area contributed by atoms with E-state index in [1.807, 2.05) is 0 Å². The number of aliphatic carboxylic acids is 1. The van der Waals surface area contributed by atoms with Gasteiger partial charge in [0.25, 0.3) is 0 Å². The van der Waals surface area contributed by atoms with Crippen LogP contribution in [0.25, 0.3) is 0 Å². The minimum absolute atomic E-state index is 0.112. The smallest absolute Gasteiger partial charge is 0.327 e. The normalized spacial score (nSPS) is 16.2. The molecule has 6 nitrogen and oxygen atoms in total. The number of rotatable bonds is 7. The Kier molecular flexibility index (Phi) is 6.91. The third-order valence-corrected chi connectivity index (χ3v) is 3.55. The summed E-state index contributed by atoms with van der Waals surface area (Å²) >= 11 is 0. The molecular formula is C9H17NO5S. The second kappa shape index (κ2) is 7.34. The van der Waals surface area contributed by atoms with Gasteiger partial charge in [0.1, 0.15) is 6.04 Å². The van der Waals surface area contributed by atoms with E-state index in [4.69, 9.17) is 9.84 Å². The quantitative estimate of drug-likeness (QED) is 0.628. The van der Waals surface area contributed by atoms with Gasteiger partial charge in [-0.2, -0.15) is 0 Å².